The van der Waals surface area contributed by atoms with Gasteiger partial charge in [-0.1, -0.05) is 36.8 Å². The highest BCUT2D eigenvalue weighted by atomic mass is 19.4. The van der Waals surface area contributed by atoms with Gasteiger partial charge in [-0.15, -0.1) is 0 Å². The number of aryl methyl sites for hydroxylation is 1. The third-order valence-corrected chi connectivity index (χ3v) is 3.37. The number of benzene rings is 1. The smallest absolute Gasteiger partial charge is 0.312 e. The van der Waals surface area contributed by atoms with E-state index in [2.05, 4.69) is 5.32 Å². The van der Waals surface area contributed by atoms with Gasteiger partial charge in [0.1, 0.15) is 12.7 Å². The van der Waals surface area contributed by atoms with Crippen molar-refractivity contribution in [2.45, 2.75) is 38.7 Å². The standard InChI is InChI=1S/C14H17F3N2O/c1-3-11-13(20)19(8-14(15,16)17)12(18-11)10-6-4-5-9(2)7-10/h4-7,11-12,18H,3,8H2,1-2H3. The quantitative estimate of drug-likeness (QED) is 0.926. The van der Waals surface area contributed by atoms with Gasteiger partial charge in [-0.3, -0.25) is 10.1 Å². The third-order valence-electron chi connectivity index (χ3n) is 3.37. The molecule has 3 nitrogen and oxygen atoms in total. The number of amides is 1. The topological polar surface area (TPSA) is 32.3 Å². The maximum Gasteiger partial charge on any atom is 0.406 e. The van der Waals surface area contributed by atoms with E-state index in [-0.39, 0.29) is 0 Å². The number of rotatable bonds is 3. The highest BCUT2D eigenvalue weighted by molar-refractivity contribution is 5.84. The third kappa shape index (κ3) is 3.12. The fourth-order valence-corrected chi connectivity index (χ4v) is 2.45. The number of halogens is 3. The molecule has 1 saturated heterocycles. The lowest BCUT2D eigenvalue weighted by Crippen LogP contribution is -2.38. The van der Waals surface area contributed by atoms with E-state index in [0.717, 1.165) is 10.5 Å². The first-order valence-electron chi connectivity index (χ1n) is 6.51. The molecular formula is C14H17F3N2O. The minimum absolute atomic E-state index is 0.468. The summed E-state index contributed by atoms with van der Waals surface area (Å²) < 4.78 is 38.0. The average molecular weight is 286 g/mol. The van der Waals surface area contributed by atoms with Gasteiger partial charge in [0.2, 0.25) is 5.91 Å². The summed E-state index contributed by atoms with van der Waals surface area (Å²) in [6.07, 6.45) is -4.65. The number of carbonyl (C=O) groups is 1. The van der Waals surface area contributed by atoms with Crippen molar-refractivity contribution in [3.05, 3.63) is 35.4 Å². The van der Waals surface area contributed by atoms with Crippen molar-refractivity contribution in [2.24, 2.45) is 0 Å². The molecule has 1 aliphatic heterocycles. The van der Waals surface area contributed by atoms with Crippen LogP contribution in [0, 0.1) is 6.92 Å². The molecule has 1 heterocycles. The molecule has 20 heavy (non-hydrogen) atoms. The predicted octanol–water partition coefficient (Wildman–Crippen LogP) is 2.77. The monoisotopic (exact) mass is 286 g/mol. The molecule has 0 aromatic heterocycles. The minimum atomic E-state index is -4.40. The molecule has 1 aromatic carbocycles. The van der Waals surface area contributed by atoms with Crippen molar-refractivity contribution in [1.82, 2.24) is 10.2 Å². The lowest BCUT2D eigenvalue weighted by Gasteiger charge is -2.25. The van der Waals surface area contributed by atoms with Crippen molar-refractivity contribution in [1.29, 1.82) is 0 Å². The Bertz CT molecular complexity index is 501. The van der Waals surface area contributed by atoms with Crippen LogP contribution in [-0.4, -0.2) is 29.6 Å². The first-order valence-corrected chi connectivity index (χ1v) is 6.51. The molecule has 0 saturated carbocycles. The summed E-state index contributed by atoms with van der Waals surface area (Å²) in [6.45, 7) is 2.42. The molecule has 1 aliphatic rings. The summed E-state index contributed by atoms with van der Waals surface area (Å²) in [4.78, 5) is 12.9. The molecule has 2 unspecified atom stereocenters. The predicted molar refractivity (Wildman–Crippen MR) is 68.9 cm³/mol. The van der Waals surface area contributed by atoms with Crippen LogP contribution < -0.4 is 5.32 Å². The molecule has 1 fully saturated rings. The lowest BCUT2D eigenvalue weighted by atomic mass is 10.1. The van der Waals surface area contributed by atoms with Crippen molar-refractivity contribution >= 4 is 5.91 Å². The number of hydrogen-bond donors (Lipinski definition) is 1. The van der Waals surface area contributed by atoms with Crippen molar-refractivity contribution < 1.29 is 18.0 Å². The highest BCUT2D eigenvalue weighted by Gasteiger charge is 2.44. The van der Waals surface area contributed by atoms with Crippen LogP contribution in [0.25, 0.3) is 0 Å². The summed E-state index contributed by atoms with van der Waals surface area (Å²) in [6, 6.07) is 6.63. The molecule has 1 aromatic rings. The zero-order chi connectivity index (χ0) is 14.9. The Morgan fingerprint density at radius 1 is 1.35 bits per heavy atom. The molecule has 2 rings (SSSR count). The van der Waals surface area contributed by atoms with Gasteiger partial charge in [0.25, 0.3) is 0 Å². The molecule has 1 N–H and O–H groups in total. The van der Waals surface area contributed by atoms with E-state index in [1.807, 2.05) is 13.0 Å². The van der Waals surface area contributed by atoms with Gasteiger partial charge in [-0.05, 0) is 18.9 Å². The van der Waals surface area contributed by atoms with Gasteiger partial charge >= 0.3 is 6.18 Å². The molecule has 2 atom stereocenters. The molecule has 110 valence electrons. The Kier molecular flexibility index (Phi) is 4.04. The molecular weight excluding hydrogens is 269 g/mol. The number of hydrogen-bond acceptors (Lipinski definition) is 2. The van der Waals surface area contributed by atoms with E-state index in [0.29, 0.717) is 12.0 Å². The van der Waals surface area contributed by atoms with Gasteiger partial charge < -0.3 is 4.90 Å². The summed E-state index contributed by atoms with van der Waals surface area (Å²) in [5.74, 6) is -0.490. The van der Waals surface area contributed by atoms with E-state index in [4.69, 9.17) is 0 Å². The van der Waals surface area contributed by atoms with Crippen LogP contribution in [0.1, 0.15) is 30.6 Å². The largest absolute Gasteiger partial charge is 0.406 e. The summed E-state index contributed by atoms with van der Waals surface area (Å²) in [5.41, 5.74) is 1.63. The highest BCUT2D eigenvalue weighted by Crippen LogP contribution is 2.30. The average Bonchev–Trinajstić information content (AvgIpc) is 2.65. The molecule has 0 radical (unpaired) electrons. The Morgan fingerprint density at radius 3 is 2.60 bits per heavy atom. The maximum absolute atomic E-state index is 12.7. The van der Waals surface area contributed by atoms with Gasteiger partial charge in [0, 0.05) is 0 Å². The Labute approximate surface area is 115 Å². The zero-order valence-corrected chi connectivity index (χ0v) is 11.4. The van der Waals surface area contributed by atoms with E-state index >= 15 is 0 Å². The van der Waals surface area contributed by atoms with Gasteiger partial charge in [0.05, 0.1) is 6.04 Å². The summed E-state index contributed by atoms with van der Waals surface area (Å²) in [7, 11) is 0. The van der Waals surface area contributed by atoms with Crippen molar-refractivity contribution in [3.63, 3.8) is 0 Å². The number of nitrogens with zero attached hydrogens (tertiary/aromatic N) is 1. The van der Waals surface area contributed by atoms with Gasteiger partial charge in [-0.25, -0.2) is 0 Å². The normalized spacial score (nSPS) is 23.4. The van der Waals surface area contributed by atoms with Crippen molar-refractivity contribution in [2.75, 3.05) is 6.54 Å². The maximum atomic E-state index is 12.7. The van der Waals surface area contributed by atoms with E-state index in [1.165, 1.54) is 0 Å². The number of alkyl halides is 3. The SMILES string of the molecule is CCC1NC(c2cccc(C)c2)N(CC(F)(F)F)C1=O. The van der Waals surface area contributed by atoms with Crippen molar-refractivity contribution in [3.8, 4) is 0 Å². The van der Waals surface area contributed by atoms with Crippen LogP contribution >= 0.6 is 0 Å². The fourth-order valence-electron chi connectivity index (χ4n) is 2.45. The molecule has 0 bridgehead atoms. The lowest BCUT2D eigenvalue weighted by molar-refractivity contribution is -0.161. The second-order valence-corrected chi connectivity index (χ2v) is 5.03. The number of nitrogens with one attached hydrogen (secondary N) is 1. The van der Waals surface area contributed by atoms with Crippen LogP contribution in [0.2, 0.25) is 0 Å². The zero-order valence-electron chi connectivity index (χ0n) is 11.4. The molecule has 0 aliphatic carbocycles. The molecule has 6 heteroatoms. The van der Waals surface area contributed by atoms with Crippen LogP contribution in [0.4, 0.5) is 13.2 Å². The Hall–Kier alpha value is -1.56. The van der Waals surface area contributed by atoms with E-state index in [9.17, 15) is 18.0 Å². The minimum Gasteiger partial charge on any atom is -0.312 e. The number of carbonyl (C=O) groups excluding carboxylic acids is 1. The summed E-state index contributed by atoms with van der Waals surface area (Å²) >= 11 is 0. The molecule has 0 spiro atoms. The van der Waals surface area contributed by atoms with Gasteiger partial charge in [0.15, 0.2) is 0 Å². The second-order valence-electron chi connectivity index (χ2n) is 5.03. The fraction of sp³-hybridized carbons (Fsp3) is 0.500. The van der Waals surface area contributed by atoms with E-state index in [1.54, 1.807) is 25.1 Å². The van der Waals surface area contributed by atoms with Crippen LogP contribution in [-0.2, 0) is 4.79 Å². The van der Waals surface area contributed by atoms with Crippen LogP contribution in [0.15, 0.2) is 24.3 Å². The summed E-state index contributed by atoms with van der Waals surface area (Å²) in [5, 5.41) is 2.98. The van der Waals surface area contributed by atoms with E-state index < -0.39 is 30.8 Å². The van der Waals surface area contributed by atoms with Gasteiger partial charge in [-0.2, -0.15) is 13.2 Å². The first-order chi connectivity index (χ1) is 9.31. The Balaban J connectivity index is 2.31. The van der Waals surface area contributed by atoms with Crippen LogP contribution in [0.5, 0.6) is 0 Å². The molecule has 1 amide bonds. The Morgan fingerprint density at radius 2 is 2.05 bits per heavy atom. The first kappa shape index (κ1) is 14.8. The second kappa shape index (κ2) is 5.44. The van der Waals surface area contributed by atoms with Crippen LogP contribution in [0.3, 0.4) is 0 Å².